The molecule has 1 saturated heterocycles. The number of nitrogens with two attached hydrogens (primary N) is 1. The number of ether oxygens (including phenoxy) is 1. The van der Waals surface area contributed by atoms with Crippen LogP contribution in [0.4, 0.5) is 5.69 Å². The van der Waals surface area contributed by atoms with E-state index in [1.807, 2.05) is 0 Å². The van der Waals surface area contributed by atoms with E-state index in [0.29, 0.717) is 12.0 Å². The molecule has 0 aromatic heterocycles. The zero-order valence-corrected chi connectivity index (χ0v) is 12.3. The zero-order chi connectivity index (χ0) is 13.9. The van der Waals surface area contributed by atoms with E-state index < -0.39 is 0 Å². The molecule has 0 bridgehead atoms. The molecular weight excluding hydrogens is 250 g/mol. The second kappa shape index (κ2) is 6.12. The highest BCUT2D eigenvalue weighted by atomic mass is 16.5. The van der Waals surface area contributed by atoms with Crippen molar-refractivity contribution >= 4 is 5.69 Å². The van der Waals surface area contributed by atoms with E-state index in [9.17, 15) is 0 Å². The van der Waals surface area contributed by atoms with Crippen LogP contribution in [0.2, 0.25) is 0 Å². The molecule has 4 heteroatoms. The van der Waals surface area contributed by atoms with Crippen molar-refractivity contribution in [3.8, 4) is 0 Å². The maximum Gasteiger partial charge on any atom is 0.0876 e. The number of hydrogen-bond donors (Lipinski definition) is 1. The highest BCUT2D eigenvalue weighted by molar-refractivity contribution is 5.60. The number of morpholine rings is 1. The number of benzene rings is 1. The first-order valence-electron chi connectivity index (χ1n) is 7.62. The normalized spacial score (nSPS) is 26.8. The molecule has 1 aromatic carbocycles. The van der Waals surface area contributed by atoms with Gasteiger partial charge >= 0.3 is 0 Å². The van der Waals surface area contributed by atoms with Gasteiger partial charge in [0.15, 0.2) is 0 Å². The lowest BCUT2D eigenvalue weighted by Gasteiger charge is -2.33. The van der Waals surface area contributed by atoms with Gasteiger partial charge in [0, 0.05) is 37.8 Å². The van der Waals surface area contributed by atoms with Gasteiger partial charge in [0.05, 0.1) is 12.7 Å². The summed E-state index contributed by atoms with van der Waals surface area (Å²) in [6.45, 7) is 5.75. The Morgan fingerprint density at radius 2 is 2.15 bits per heavy atom. The van der Waals surface area contributed by atoms with E-state index in [1.54, 1.807) is 0 Å². The molecule has 0 amide bonds. The molecule has 2 aliphatic heterocycles. The number of anilines is 1. The molecule has 20 heavy (non-hydrogen) atoms. The van der Waals surface area contributed by atoms with E-state index in [2.05, 4.69) is 41.1 Å². The van der Waals surface area contributed by atoms with Gasteiger partial charge in [-0.05, 0) is 31.6 Å². The number of hydrogen-bond acceptors (Lipinski definition) is 4. The summed E-state index contributed by atoms with van der Waals surface area (Å²) < 4.78 is 5.91. The fraction of sp³-hybridized carbons (Fsp3) is 0.625. The Hall–Kier alpha value is -1.10. The summed E-state index contributed by atoms with van der Waals surface area (Å²) in [5, 5.41) is 0. The maximum absolute atomic E-state index is 5.91. The minimum Gasteiger partial charge on any atom is -0.374 e. The van der Waals surface area contributed by atoms with Gasteiger partial charge in [0.25, 0.3) is 0 Å². The third-order valence-electron chi connectivity index (χ3n) is 4.44. The van der Waals surface area contributed by atoms with E-state index in [1.165, 1.54) is 11.3 Å². The summed E-state index contributed by atoms with van der Waals surface area (Å²) in [6.07, 6.45) is 1.39. The third-order valence-corrected chi connectivity index (χ3v) is 4.44. The highest BCUT2D eigenvalue weighted by Gasteiger charge is 2.30. The molecule has 0 spiro atoms. The van der Waals surface area contributed by atoms with Crippen LogP contribution in [-0.2, 0) is 4.74 Å². The summed E-state index contributed by atoms with van der Waals surface area (Å²) in [7, 11) is 2.17. The zero-order valence-electron chi connectivity index (χ0n) is 12.3. The van der Waals surface area contributed by atoms with Crippen LogP contribution in [-0.4, -0.2) is 57.4 Å². The molecule has 2 heterocycles. The van der Waals surface area contributed by atoms with Gasteiger partial charge in [-0.3, -0.25) is 0 Å². The SMILES string of the molecule is CN1CCOC(CN2CC(CCN)c3ccccc32)C1. The van der Waals surface area contributed by atoms with Crippen molar-refractivity contribution < 1.29 is 4.74 Å². The molecule has 0 radical (unpaired) electrons. The average molecular weight is 275 g/mol. The smallest absolute Gasteiger partial charge is 0.0876 e. The Morgan fingerprint density at radius 1 is 1.30 bits per heavy atom. The van der Waals surface area contributed by atoms with Crippen molar-refractivity contribution in [3.63, 3.8) is 0 Å². The molecule has 0 saturated carbocycles. The monoisotopic (exact) mass is 275 g/mol. The van der Waals surface area contributed by atoms with E-state index in [0.717, 1.165) is 45.8 Å². The molecule has 2 aliphatic rings. The minimum atomic E-state index is 0.318. The van der Waals surface area contributed by atoms with E-state index in [-0.39, 0.29) is 0 Å². The lowest BCUT2D eigenvalue weighted by atomic mass is 9.98. The molecule has 1 fully saturated rings. The lowest BCUT2D eigenvalue weighted by Crippen LogP contribution is -2.46. The number of para-hydroxylation sites is 1. The number of rotatable bonds is 4. The predicted molar refractivity (Wildman–Crippen MR) is 82.3 cm³/mol. The summed E-state index contributed by atoms with van der Waals surface area (Å²) >= 11 is 0. The van der Waals surface area contributed by atoms with Crippen molar-refractivity contribution in [3.05, 3.63) is 29.8 Å². The molecule has 110 valence electrons. The molecule has 2 unspecified atom stereocenters. The standard InChI is InChI=1S/C16H25N3O/c1-18-8-9-20-14(11-18)12-19-10-13(6-7-17)15-4-2-3-5-16(15)19/h2-5,13-14H,6-12,17H2,1H3. The highest BCUT2D eigenvalue weighted by Crippen LogP contribution is 2.37. The van der Waals surface area contributed by atoms with Gasteiger partial charge < -0.3 is 20.3 Å². The van der Waals surface area contributed by atoms with Crippen LogP contribution in [0, 0.1) is 0 Å². The van der Waals surface area contributed by atoms with Crippen LogP contribution in [0.15, 0.2) is 24.3 Å². The fourth-order valence-electron chi connectivity index (χ4n) is 3.43. The van der Waals surface area contributed by atoms with Crippen LogP contribution < -0.4 is 10.6 Å². The first-order chi connectivity index (χ1) is 9.78. The van der Waals surface area contributed by atoms with Crippen molar-refractivity contribution in [1.29, 1.82) is 0 Å². The molecule has 2 N–H and O–H groups in total. The first kappa shape index (κ1) is 13.9. The second-order valence-corrected chi connectivity index (χ2v) is 5.99. The molecule has 4 nitrogen and oxygen atoms in total. The Bertz CT molecular complexity index is 451. The van der Waals surface area contributed by atoms with E-state index in [4.69, 9.17) is 10.5 Å². The Balaban J connectivity index is 1.71. The van der Waals surface area contributed by atoms with Gasteiger partial charge in [-0.1, -0.05) is 18.2 Å². The Kier molecular flexibility index (Phi) is 4.24. The summed E-state index contributed by atoms with van der Waals surface area (Å²) in [5.74, 6) is 0.581. The number of likely N-dealkylation sites (N-methyl/N-ethyl adjacent to an activating group) is 1. The molecular formula is C16H25N3O. The van der Waals surface area contributed by atoms with Crippen molar-refractivity contribution in [2.45, 2.75) is 18.4 Å². The van der Waals surface area contributed by atoms with Crippen molar-refractivity contribution in [2.75, 3.05) is 51.3 Å². The molecule has 0 aliphatic carbocycles. The number of nitrogens with zero attached hydrogens (tertiary/aromatic N) is 2. The Morgan fingerprint density at radius 3 is 2.95 bits per heavy atom. The van der Waals surface area contributed by atoms with Gasteiger partial charge in [0.2, 0.25) is 0 Å². The topological polar surface area (TPSA) is 41.7 Å². The van der Waals surface area contributed by atoms with Crippen LogP contribution in [0.1, 0.15) is 17.9 Å². The minimum absolute atomic E-state index is 0.318. The predicted octanol–water partition coefficient (Wildman–Crippen LogP) is 1.27. The van der Waals surface area contributed by atoms with Gasteiger partial charge in [-0.2, -0.15) is 0 Å². The molecule has 1 aromatic rings. The first-order valence-corrected chi connectivity index (χ1v) is 7.62. The summed E-state index contributed by atoms with van der Waals surface area (Å²) in [6, 6.07) is 8.75. The van der Waals surface area contributed by atoms with Crippen LogP contribution in [0.5, 0.6) is 0 Å². The largest absolute Gasteiger partial charge is 0.374 e. The van der Waals surface area contributed by atoms with Crippen molar-refractivity contribution in [1.82, 2.24) is 4.90 Å². The molecule has 2 atom stereocenters. The van der Waals surface area contributed by atoms with Crippen molar-refractivity contribution in [2.24, 2.45) is 5.73 Å². The summed E-state index contributed by atoms with van der Waals surface area (Å²) in [5.41, 5.74) is 8.60. The summed E-state index contributed by atoms with van der Waals surface area (Å²) in [4.78, 5) is 4.84. The van der Waals surface area contributed by atoms with Gasteiger partial charge in [0.1, 0.15) is 0 Å². The van der Waals surface area contributed by atoms with E-state index >= 15 is 0 Å². The second-order valence-electron chi connectivity index (χ2n) is 5.99. The average Bonchev–Trinajstić information content (AvgIpc) is 2.78. The van der Waals surface area contributed by atoms with Gasteiger partial charge in [-0.25, -0.2) is 0 Å². The molecule has 3 rings (SSSR count). The fourth-order valence-corrected chi connectivity index (χ4v) is 3.43. The third kappa shape index (κ3) is 2.82. The van der Waals surface area contributed by atoms with Crippen LogP contribution >= 0.6 is 0 Å². The van der Waals surface area contributed by atoms with Crippen LogP contribution in [0.25, 0.3) is 0 Å². The quantitative estimate of drug-likeness (QED) is 0.898. The van der Waals surface area contributed by atoms with Crippen LogP contribution in [0.3, 0.4) is 0 Å². The lowest BCUT2D eigenvalue weighted by molar-refractivity contribution is -0.0146. The van der Waals surface area contributed by atoms with Gasteiger partial charge in [-0.15, -0.1) is 0 Å². The maximum atomic E-state index is 5.91. The Labute approximate surface area is 121 Å². The number of fused-ring (bicyclic) bond motifs is 1.